The first kappa shape index (κ1) is 17.1. The van der Waals surface area contributed by atoms with Crippen molar-refractivity contribution in [3.8, 4) is 5.75 Å². The second kappa shape index (κ2) is 7.81. The average Bonchev–Trinajstić information content (AvgIpc) is 2.89. The Labute approximate surface area is 137 Å². The van der Waals surface area contributed by atoms with Crippen molar-refractivity contribution in [1.82, 2.24) is 10.5 Å². The number of nitrogens with zero attached hydrogens (tertiary/aromatic N) is 1. The average molecular weight is 316 g/mol. The van der Waals surface area contributed by atoms with Crippen molar-refractivity contribution in [2.75, 3.05) is 0 Å². The van der Waals surface area contributed by atoms with Gasteiger partial charge in [-0.2, -0.15) is 0 Å². The predicted octanol–water partition coefficient (Wildman–Crippen LogP) is 3.79. The molecule has 0 atom stereocenters. The van der Waals surface area contributed by atoms with Gasteiger partial charge in [0.25, 0.3) is 5.91 Å². The Morgan fingerprint density at radius 1 is 1.26 bits per heavy atom. The van der Waals surface area contributed by atoms with E-state index >= 15 is 0 Å². The Balaban J connectivity index is 2.13. The number of hydrogen-bond acceptors (Lipinski definition) is 4. The monoisotopic (exact) mass is 316 g/mol. The molecule has 1 N–H and O–H groups in total. The van der Waals surface area contributed by atoms with Crippen molar-refractivity contribution in [2.45, 2.75) is 53.2 Å². The number of para-hydroxylation sites is 1. The van der Waals surface area contributed by atoms with Gasteiger partial charge in [-0.1, -0.05) is 31.1 Å². The molecule has 0 radical (unpaired) electrons. The number of carbonyl (C=O) groups excluding carboxylic acids is 1. The molecule has 0 aliphatic heterocycles. The first-order chi connectivity index (χ1) is 11.1. The lowest BCUT2D eigenvalue weighted by atomic mass is 10.1. The number of ether oxygens (including phenoxy) is 1. The third-order valence-corrected chi connectivity index (χ3v) is 4.01. The summed E-state index contributed by atoms with van der Waals surface area (Å²) in [7, 11) is 0. The van der Waals surface area contributed by atoms with E-state index in [1.807, 2.05) is 26.0 Å². The molecule has 1 amide bonds. The summed E-state index contributed by atoms with van der Waals surface area (Å²) in [4.78, 5) is 12.5. The van der Waals surface area contributed by atoms with Crippen LogP contribution in [-0.2, 0) is 6.61 Å². The Hall–Kier alpha value is -2.30. The molecule has 1 aromatic heterocycles. The lowest BCUT2D eigenvalue weighted by Gasteiger charge is -2.16. The van der Waals surface area contributed by atoms with E-state index in [-0.39, 0.29) is 11.9 Å². The molecular weight excluding hydrogens is 292 g/mol. The number of amides is 1. The number of aromatic nitrogens is 1. The molecule has 0 spiro atoms. The molecule has 5 nitrogen and oxygen atoms in total. The minimum atomic E-state index is -0.104. The van der Waals surface area contributed by atoms with Crippen molar-refractivity contribution >= 4 is 5.91 Å². The summed E-state index contributed by atoms with van der Waals surface area (Å²) in [6.45, 7) is 8.18. The Morgan fingerprint density at radius 2 is 1.96 bits per heavy atom. The molecule has 124 valence electrons. The third kappa shape index (κ3) is 4.12. The summed E-state index contributed by atoms with van der Waals surface area (Å²) in [6, 6.07) is 7.46. The largest absolute Gasteiger partial charge is 0.488 e. The molecule has 0 fully saturated rings. The fraction of sp³-hybridized carbons (Fsp3) is 0.444. The highest BCUT2D eigenvalue weighted by molar-refractivity contribution is 5.97. The second-order valence-electron chi connectivity index (χ2n) is 5.57. The molecule has 23 heavy (non-hydrogen) atoms. The summed E-state index contributed by atoms with van der Waals surface area (Å²) in [6.07, 6.45) is 1.81. The SMILES string of the molecule is CCC(CC)NC(=O)c1ccccc1OCc1c(C)noc1C. The van der Waals surface area contributed by atoms with Crippen LogP contribution in [0.2, 0.25) is 0 Å². The van der Waals surface area contributed by atoms with Crippen LogP contribution in [0.25, 0.3) is 0 Å². The first-order valence-corrected chi connectivity index (χ1v) is 8.01. The molecule has 2 aromatic rings. The Bertz CT molecular complexity index is 641. The van der Waals surface area contributed by atoms with Gasteiger partial charge in [-0.05, 0) is 38.8 Å². The maximum absolute atomic E-state index is 12.5. The highest BCUT2D eigenvalue weighted by Crippen LogP contribution is 2.21. The van der Waals surface area contributed by atoms with E-state index in [9.17, 15) is 4.79 Å². The van der Waals surface area contributed by atoms with Gasteiger partial charge in [0.1, 0.15) is 18.1 Å². The van der Waals surface area contributed by atoms with E-state index in [0.29, 0.717) is 17.9 Å². The van der Waals surface area contributed by atoms with Crippen molar-refractivity contribution in [1.29, 1.82) is 0 Å². The van der Waals surface area contributed by atoms with Crippen LogP contribution in [-0.4, -0.2) is 17.1 Å². The number of carbonyl (C=O) groups is 1. The fourth-order valence-electron chi connectivity index (χ4n) is 2.39. The first-order valence-electron chi connectivity index (χ1n) is 8.01. The summed E-state index contributed by atoms with van der Waals surface area (Å²) < 4.78 is 11.0. The van der Waals surface area contributed by atoms with Gasteiger partial charge in [0.2, 0.25) is 0 Å². The quantitative estimate of drug-likeness (QED) is 0.844. The molecule has 0 bridgehead atoms. The smallest absolute Gasteiger partial charge is 0.255 e. The predicted molar refractivity (Wildman–Crippen MR) is 88.6 cm³/mol. The zero-order chi connectivity index (χ0) is 16.8. The van der Waals surface area contributed by atoms with Gasteiger partial charge in [-0.15, -0.1) is 0 Å². The van der Waals surface area contributed by atoms with E-state index in [2.05, 4.69) is 24.3 Å². The zero-order valence-corrected chi connectivity index (χ0v) is 14.2. The van der Waals surface area contributed by atoms with Crippen LogP contribution in [0.5, 0.6) is 5.75 Å². The van der Waals surface area contributed by atoms with Crippen LogP contribution < -0.4 is 10.1 Å². The molecule has 0 aliphatic rings. The zero-order valence-electron chi connectivity index (χ0n) is 14.2. The lowest BCUT2D eigenvalue weighted by Crippen LogP contribution is -2.34. The van der Waals surface area contributed by atoms with Crippen LogP contribution in [0.15, 0.2) is 28.8 Å². The highest BCUT2D eigenvalue weighted by atomic mass is 16.5. The molecule has 0 unspecified atom stereocenters. The second-order valence-corrected chi connectivity index (χ2v) is 5.57. The standard InChI is InChI=1S/C18H24N2O3/c1-5-14(6-2)19-18(21)15-9-7-8-10-17(15)22-11-16-12(3)20-23-13(16)4/h7-10,14H,5-6,11H2,1-4H3,(H,19,21). The molecule has 0 saturated carbocycles. The number of benzene rings is 1. The van der Waals surface area contributed by atoms with E-state index < -0.39 is 0 Å². The van der Waals surface area contributed by atoms with E-state index in [0.717, 1.165) is 29.9 Å². The summed E-state index contributed by atoms with van der Waals surface area (Å²) in [5.41, 5.74) is 2.27. The normalized spacial score (nSPS) is 10.8. The van der Waals surface area contributed by atoms with Gasteiger partial charge in [0, 0.05) is 6.04 Å². The highest BCUT2D eigenvalue weighted by Gasteiger charge is 2.16. The van der Waals surface area contributed by atoms with Crippen molar-refractivity contribution in [3.05, 3.63) is 46.8 Å². The van der Waals surface area contributed by atoms with Gasteiger partial charge in [-0.3, -0.25) is 4.79 Å². The molecule has 5 heteroatoms. The van der Waals surface area contributed by atoms with Crippen molar-refractivity contribution < 1.29 is 14.1 Å². The maximum Gasteiger partial charge on any atom is 0.255 e. The topological polar surface area (TPSA) is 64.4 Å². The van der Waals surface area contributed by atoms with Gasteiger partial charge < -0.3 is 14.6 Å². The van der Waals surface area contributed by atoms with Crippen LogP contribution in [0, 0.1) is 13.8 Å². The molecular formula is C18H24N2O3. The Kier molecular flexibility index (Phi) is 5.79. The minimum absolute atomic E-state index is 0.104. The van der Waals surface area contributed by atoms with Crippen LogP contribution in [0.4, 0.5) is 0 Å². The number of nitrogens with one attached hydrogen (secondary N) is 1. The number of rotatable bonds is 7. The summed E-state index contributed by atoms with van der Waals surface area (Å²) >= 11 is 0. The fourth-order valence-corrected chi connectivity index (χ4v) is 2.39. The number of aryl methyl sites for hydroxylation is 2. The molecule has 1 heterocycles. The third-order valence-electron chi connectivity index (χ3n) is 4.01. The van der Waals surface area contributed by atoms with Crippen LogP contribution in [0.1, 0.15) is 54.1 Å². The van der Waals surface area contributed by atoms with Crippen molar-refractivity contribution in [2.24, 2.45) is 0 Å². The number of hydrogen-bond donors (Lipinski definition) is 1. The van der Waals surface area contributed by atoms with E-state index in [4.69, 9.17) is 9.26 Å². The minimum Gasteiger partial charge on any atom is -0.488 e. The summed E-state index contributed by atoms with van der Waals surface area (Å²) in [5, 5.41) is 6.95. The molecule has 1 aromatic carbocycles. The van der Waals surface area contributed by atoms with Gasteiger partial charge in [0.05, 0.1) is 16.8 Å². The summed E-state index contributed by atoms with van der Waals surface area (Å²) in [5.74, 6) is 1.20. The Morgan fingerprint density at radius 3 is 2.57 bits per heavy atom. The molecule has 0 aliphatic carbocycles. The molecule has 0 saturated heterocycles. The maximum atomic E-state index is 12.5. The van der Waals surface area contributed by atoms with Gasteiger partial charge in [0.15, 0.2) is 0 Å². The van der Waals surface area contributed by atoms with Crippen LogP contribution in [0.3, 0.4) is 0 Å². The molecule has 2 rings (SSSR count). The van der Waals surface area contributed by atoms with E-state index in [1.165, 1.54) is 0 Å². The van der Waals surface area contributed by atoms with Crippen LogP contribution >= 0.6 is 0 Å². The van der Waals surface area contributed by atoms with Crippen molar-refractivity contribution in [3.63, 3.8) is 0 Å². The van der Waals surface area contributed by atoms with E-state index in [1.54, 1.807) is 12.1 Å². The van der Waals surface area contributed by atoms with Gasteiger partial charge >= 0.3 is 0 Å². The van der Waals surface area contributed by atoms with Gasteiger partial charge in [-0.25, -0.2) is 0 Å². The lowest BCUT2D eigenvalue weighted by molar-refractivity contribution is 0.0930.